The second-order valence-electron chi connectivity index (χ2n) is 4.49. The number of sulfonamides is 1. The molecule has 1 aliphatic heterocycles. The van der Waals surface area contributed by atoms with Gasteiger partial charge < -0.3 is 0 Å². The fraction of sp³-hybridized carbons (Fsp3) is 0.667. The van der Waals surface area contributed by atoms with Crippen LogP contribution in [0.25, 0.3) is 0 Å². The van der Waals surface area contributed by atoms with E-state index in [9.17, 15) is 8.42 Å². The molecule has 1 aromatic rings. The van der Waals surface area contributed by atoms with Crippen LogP contribution in [-0.2, 0) is 16.4 Å². The Labute approximate surface area is 118 Å². The molecule has 0 radical (unpaired) electrons. The maximum atomic E-state index is 12.6. The number of aryl methyl sites for hydroxylation is 1. The van der Waals surface area contributed by atoms with E-state index >= 15 is 0 Å². The maximum absolute atomic E-state index is 12.6. The van der Waals surface area contributed by atoms with Crippen molar-refractivity contribution < 1.29 is 8.42 Å². The van der Waals surface area contributed by atoms with Gasteiger partial charge in [0.25, 0.3) is 10.0 Å². The molecule has 2 rings (SSSR count). The van der Waals surface area contributed by atoms with Crippen LogP contribution in [0.15, 0.2) is 16.3 Å². The molecule has 0 aliphatic carbocycles. The smallest absolute Gasteiger partial charge is 0.206 e. The van der Waals surface area contributed by atoms with Crippen LogP contribution in [0.2, 0.25) is 0 Å². The zero-order chi connectivity index (χ0) is 13.2. The van der Waals surface area contributed by atoms with Gasteiger partial charge in [0.2, 0.25) is 0 Å². The lowest BCUT2D eigenvalue weighted by Crippen LogP contribution is -2.44. The van der Waals surface area contributed by atoms with Crippen molar-refractivity contribution in [3.8, 4) is 0 Å². The molecule has 0 aromatic carbocycles. The van der Waals surface area contributed by atoms with Crippen molar-refractivity contribution in [2.75, 3.05) is 12.4 Å². The van der Waals surface area contributed by atoms with Crippen molar-refractivity contribution in [3.05, 3.63) is 17.0 Å². The van der Waals surface area contributed by atoms with Crippen molar-refractivity contribution in [1.29, 1.82) is 0 Å². The molecule has 0 spiro atoms. The Bertz CT molecular complexity index is 498. The Hall–Kier alpha value is -0.100. The number of hydrogen-bond acceptors (Lipinski definition) is 3. The second-order valence-corrected chi connectivity index (χ2v) is 8.09. The van der Waals surface area contributed by atoms with E-state index in [2.05, 4.69) is 0 Å². The molecule has 1 aliphatic rings. The fourth-order valence-corrected chi connectivity index (χ4v) is 5.77. The monoisotopic (exact) mass is 307 g/mol. The van der Waals surface area contributed by atoms with Crippen molar-refractivity contribution >= 4 is 33.0 Å². The van der Waals surface area contributed by atoms with Gasteiger partial charge in [-0.25, -0.2) is 8.42 Å². The molecular formula is C12H18ClNO2S2. The quantitative estimate of drug-likeness (QED) is 0.802. The minimum Gasteiger partial charge on any atom is -0.206 e. The van der Waals surface area contributed by atoms with Crippen molar-refractivity contribution in [1.82, 2.24) is 4.31 Å². The van der Waals surface area contributed by atoms with E-state index < -0.39 is 10.0 Å². The third kappa shape index (κ3) is 2.74. The summed E-state index contributed by atoms with van der Waals surface area (Å²) in [5.74, 6) is 0.380. The van der Waals surface area contributed by atoms with Crippen molar-refractivity contribution in [3.63, 3.8) is 0 Å². The molecule has 2 heterocycles. The molecule has 1 fully saturated rings. The SMILES string of the molecule is CCc1ccc(S(=O)(=O)N2CCCCC2CCl)s1. The van der Waals surface area contributed by atoms with Gasteiger partial charge in [0, 0.05) is 23.3 Å². The lowest BCUT2D eigenvalue weighted by atomic mass is 10.1. The summed E-state index contributed by atoms with van der Waals surface area (Å²) in [7, 11) is -3.35. The molecule has 1 saturated heterocycles. The second kappa shape index (κ2) is 5.90. The van der Waals surface area contributed by atoms with E-state index in [0.717, 1.165) is 30.6 Å². The maximum Gasteiger partial charge on any atom is 0.252 e. The fourth-order valence-electron chi connectivity index (χ4n) is 2.25. The highest BCUT2D eigenvalue weighted by atomic mass is 35.5. The predicted octanol–water partition coefficient (Wildman–Crippen LogP) is 3.09. The standard InChI is InChI=1S/C12H18ClNO2S2/c1-2-11-6-7-12(17-11)18(15,16)14-8-4-3-5-10(14)9-13/h6-7,10H,2-5,8-9H2,1H3. The van der Waals surface area contributed by atoms with E-state index in [1.165, 1.54) is 11.3 Å². The van der Waals surface area contributed by atoms with Gasteiger partial charge in [0.15, 0.2) is 0 Å². The van der Waals surface area contributed by atoms with E-state index in [4.69, 9.17) is 11.6 Å². The van der Waals surface area contributed by atoms with Crippen LogP contribution in [-0.4, -0.2) is 31.2 Å². The first kappa shape index (κ1) is 14.3. The zero-order valence-corrected chi connectivity index (χ0v) is 12.8. The number of nitrogens with zero attached hydrogens (tertiary/aromatic N) is 1. The summed E-state index contributed by atoms with van der Waals surface area (Å²) in [5.41, 5.74) is 0. The lowest BCUT2D eigenvalue weighted by Gasteiger charge is -2.32. The lowest BCUT2D eigenvalue weighted by molar-refractivity contribution is 0.272. The third-order valence-electron chi connectivity index (χ3n) is 3.30. The Morgan fingerprint density at radius 2 is 2.22 bits per heavy atom. The Balaban J connectivity index is 2.28. The Morgan fingerprint density at radius 1 is 1.44 bits per heavy atom. The minimum absolute atomic E-state index is 0.0439. The molecule has 102 valence electrons. The first-order chi connectivity index (χ1) is 8.59. The number of alkyl halides is 1. The highest BCUT2D eigenvalue weighted by Crippen LogP contribution is 2.30. The first-order valence-electron chi connectivity index (χ1n) is 6.26. The van der Waals surface area contributed by atoms with Crippen LogP contribution in [0.4, 0.5) is 0 Å². The molecule has 1 atom stereocenters. The van der Waals surface area contributed by atoms with Gasteiger partial charge in [-0.2, -0.15) is 4.31 Å². The molecule has 18 heavy (non-hydrogen) atoms. The largest absolute Gasteiger partial charge is 0.252 e. The summed E-state index contributed by atoms with van der Waals surface area (Å²) in [4.78, 5) is 1.10. The minimum atomic E-state index is -3.35. The zero-order valence-electron chi connectivity index (χ0n) is 10.4. The number of hydrogen-bond donors (Lipinski definition) is 0. The molecule has 1 unspecified atom stereocenters. The van der Waals surface area contributed by atoms with Crippen LogP contribution in [0, 0.1) is 0 Å². The molecule has 0 amide bonds. The molecule has 0 bridgehead atoms. The predicted molar refractivity (Wildman–Crippen MR) is 75.9 cm³/mol. The molecule has 0 N–H and O–H groups in total. The summed E-state index contributed by atoms with van der Waals surface area (Å²) in [6.45, 7) is 2.63. The van der Waals surface area contributed by atoms with Gasteiger partial charge in [0.1, 0.15) is 4.21 Å². The molecule has 1 aromatic heterocycles. The number of piperidine rings is 1. The van der Waals surface area contributed by atoms with E-state index in [1.54, 1.807) is 10.4 Å². The molecule has 6 heteroatoms. The highest BCUT2D eigenvalue weighted by Gasteiger charge is 2.33. The first-order valence-corrected chi connectivity index (χ1v) is 9.05. The Kier molecular flexibility index (Phi) is 4.69. The van der Waals surface area contributed by atoms with Crippen LogP contribution < -0.4 is 0 Å². The van der Waals surface area contributed by atoms with Crippen molar-refractivity contribution in [2.24, 2.45) is 0 Å². The van der Waals surface area contributed by atoms with Crippen LogP contribution in [0.1, 0.15) is 31.1 Å². The Morgan fingerprint density at radius 3 is 2.83 bits per heavy atom. The van der Waals surface area contributed by atoms with E-state index in [1.807, 2.05) is 13.0 Å². The summed E-state index contributed by atoms with van der Waals surface area (Å²) >= 11 is 7.27. The number of rotatable bonds is 4. The van der Waals surface area contributed by atoms with Gasteiger partial charge in [-0.05, 0) is 31.4 Å². The molecule has 0 saturated carbocycles. The number of halogens is 1. The van der Waals surface area contributed by atoms with Gasteiger partial charge in [0.05, 0.1) is 0 Å². The van der Waals surface area contributed by atoms with Gasteiger partial charge in [-0.3, -0.25) is 0 Å². The third-order valence-corrected chi connectivity index (χ3v) is 7.30. The average molecular weight is 308 g/mol. The van der Waals surface area contributed by atoms with Crippen LogP contribution in [0.5, 0.6) is 0 Å². The summed E-state index contributed by atoms with van der Waals surface area (Å²) < 4.78 is 27.2. The summed E-state index contributed by atoms with van der Waals surface area (Å²) in [6.07, 6.45) is 3.74. The number of thiophene rings is 1. The molecular weight excluding hydrogens is 290 g/mol. The average Bonchev–Trinajstić information content (AvgIpc) is 2.88. The van der Waals surface area contributed by atoms with Crippen LogP contribution >= 0.6 is 22.9 Å². The topological polar surface area (TPSA) is 37.4 Å². The van der Waals surface area contributed by atoms with E-state index in [0.29, 0.717) is 16.6 Å². The van der Waals surface area contributed by atoms with E-state index in [-0.39, 0.29) is 6.04 Å². The van der Waals surface area contributed by atoms with Gasteiger partial charge in [-0.1, -0.05) is 13.3 Å². The summed E-state index contributed by atoms with van der Waals surface area (Å²) in [5, 5.41) is 0. The normalized spacial score (nSPS) is 22.2. The summed E-state index contributed by atoms with van der Waals surface area (Å²) in [6, 6.07) is 3.58. The van der Waals surface area contributed by atoms with Gasteiger partial charge in [-0.15, -0.1) is 22.9 Å². The van der Waals surface area contributed by atoms with Crippen molar-refractivity contribution in [2.45, 2.75) is 42.9 Å². The highest BCUT2D eigenvalue weighted by molar-refractivity contribution is 7.91. The van der Waals surface area contributed by atoms with Gasteiger partial charge >= 0.3 is 0 Å². The molecule has 3 nitrogen and oxygen atoms in total. The van der Waals surface area contributed by atoms with Crippen LogP contribution in [0.3, 0.4) is 0 Å².